The Morgan fingerprint density at radius 3 is 2.29 bits per heavy atom. The van der Waals surface area contributed by atoms with Gasteiger partial charge in [-0.05, 0) is 42.0 Å². The number of methoxy groups -OCH3 is 3. The molecule has 0 aliphatic rings. The Balaban J connectivity index is 1.80. The Hall–Kier alpha value is -2.79. The van der Waals surface area contributed by atoms with E-state index in [1.54, 1.807) is 17.8 Å². The first-order chi connectivity index (χ1) is 18.2. The van der Waals surface area contributed by atoms with Crippen LogP contribution < -0.4 is 23.8 Å². The fourth-order valence-electron chi connectivity index (χ4n) is 3.51. The molecule has 204 valence electrons. The van der Waals surface area contributed by atoms with Gasteiger partial charge in [-0.2, -0.15) is 11.8 Å². The molecule has 0 radical (unpaired) electrons. The van der Waals surface area contributed by atoms with Crippen molar-refractivity contribution in [1.29, 1.82) is 0 Å². The third kappa shape index (κ3) is 7.41. The number of carbonyl (C=O) groups excluding carboxylic acids is 1. The molecular weight excluding hydrogens is 571 g/mol. The number of rotatable bonds is 13. The van der Waals surface area contributed by atoms with Gasteiger partial charge in [0, 0.05) is 34.2 Å². The van der Waals surface area contributed by atoms with Crippen molar-refractivity contribution >= 4 is 56.6 Å². The maximum absolute atomic E-state index is 13.8. The Labute approximate surface area is 237 Å². The molecule has 0 unspecified atom stereocenters. The smallest absolute Gasteiger partial charge is 0.265 e. The van der Waals surface area contributed by atoms with Crippen LogP contribution in [0.25, 0.3) is 0 Å². The molecule has 38 heavy (non-hydrogen) atoms. The van der Waals surface area contributed by atoms with E-state index in [1.807, 2.05) is 24.3 Å². The van der Waals surface area contributed by atoms with Gasteiger partial charge in [-0.1, -0.05) is 41.4 Å². The third-order valence-corrected chi connectivity index (χ3v) is 8.79. The summed E-state index contributed by atoms with van der Waals surface area (Å²) in [5.74, 6) is 1.64. The molecule has 0 aliphatic carbocycles. The van der Waals surface area contributed by atoms with E-state index in [0.29, 0.717) is 28.8 Å². The number of sulfonamides is 1. The first kappa shape index (κ1) is 29.8. The highest BCUT2D eigenvalue weighted by molar-refractivity contribution is 7.98. The van der Waals surface area contributed by atoms with Gasteiger partial charge >= 0.3 is 0 Å². The van der Waals surface area contributed by atoms with Crippen LogP contribution in [0.1, 0.15) is 5.56 Å². The molecule has 1 amide bonds. The van der Waals surface area contributed by atoms with Crippen LogP contribution in [0.15, 0.2) is 65.6 Å². The van der Waals surface area contributed by atoms with Crippen LogP contribution in [0, 0.1) is 0 Å². The van der Waals surface area contributed by atoms with Gasteiger partial charge in [0.2, 0.25) is 5.91 Å². The van der Waals surface area contributed by atoms with Gasteiger partial charge in [-0.15, -0.1) is 0 Å². The number of hydrogen-bond donors (Lipinski definition) is 1. The van der Waals surface area contributed by atoms with Crippen LogP contribution >= 0.6 is 35.0 Å². The number of anilines is 1. The van der Waals surface area contributed by atoms with Gasteiger partial charge in [0.25, 0.3) is 10.0 Å². The zero-order valence-electron chi connectivity index (χ0n) is 21.1. The second kappa shape index (κ2) is 13.8. The van der Waals surface area contributed by atoms with E-state index in [-0.39, 0.29) is 27.1 Å². The van der Waals surface area contributed by atoms with Gasteiger partial charge in [-0.3, -0.25) is 9.10 Å². The van der Waals surface area contributed by atoms with Crippen LogP contribution in [0.4, 0.5) is 5.69 Å². The van der Waals surface area contributed by atoms with Gasteiger partial charge in [0.1, 0.15) is 12.3 Å². The molecule has 0 aromatic heterocycles. The summed E-state index contributed by atoms with van der Waals surface area (Å²) in [6, 6.07) is 16.3. The number of nitrogens with one attached hydrogen (secondary N) is 1. The molecule has 0 bridgehead atoms. The van der Waals surface area contributed by atoms with E-state index >= 15 is 0 Å². The van der Waals surface area contributed by atoms with Crippen molar-refractivity contribution < 1.29 is 27.4 Å². The van der Waals surface area contributed by atoms with Crippen LogP contribution in [0.3, 0.4) is 0 Å². The number of hydrogen-bond acceptors (Lipinski definition) is 7. The molecule has 3 aromatic rings. The summed E-state index contributed by atoms with van der Waals surface area (Å²) in [5, 5.41) is 3.76. The van der Waals surface area contributed by atoms with Gasteiger partial charge in [0.05, 0.1) is 31.9 Å². The van der Waals surface area contributed by atoms with Crippen LogP contribution in [0.5, 0.6) is 17.2 Å². The summed E-state index contributed by atoms with van der Waals surface area (Å²) in [4.78, 5) is 12.8. The highest BCUT2D eigenvalue weighted by Gasteiger charge is 2.30. The van der Waals surface area contributed by atoms with Crippen molar-refractivity contribution in [3.05, 3.63) is 76.3 Å². The highest BCUT2D eigenvalue weighted by atomic mass is 35.5. The second-order valence-corrected chi connectivity index (χ2v) is 11.6. The minimum Gasteiger partial charge on any atom is -0.495 e. The quantitative estimate of drug-likeness (QED) is 0.268. The van der Waals surface area contributed by atoms with Crippen LogP contribution in [0.2, 0.25) is 10.0 Å². The summed E-state index contributed by atoms with van der Waals surface area (Å²) in [6.45, 7) is -0.159. The molecule has 3 aromatic carbocycles. The van der Waals surface area contributed by atoms with Crippen molar-refractivity contribution in [1.82, 2.24) is 5.32 Å². The largest absolute Gasteiger partial charge is 0.495 e. The van der Waals surface area contributed by atoms with Crippen molar-refractivity contribution in [3.8, 4) is 17.2 Å². The lowest BCUT2D eigenvalue weighted by Gasteiger charge is -2.26. The molecule has 1 N–H and O–H groups in total. The maximum atomic E-state index is 13.8. The summed E-state index contributed by atoms with van der Waals surface area (Å²) in [7, 11) is 0.00984. The van der Waals surface area contributed by atoms with E-state index in [0.717, 1.165) is 9.87 Å². The predicted octanol–water partition coefficient (Wildman–Crippen LogP) is 5.26. The zero-order chi connectivity index (χ0) is 27.7. The van der Waals surface area contributed by atoms with E-state index in [9.17, 15) is 13.2 Å². The van der Waals surface area contributed by atoms with E-state index in [4.69, 9.17) is 37.4 Å². The minimum atomic E-state index is -4.25. The number of thioether (sulfide) groups is 1. The number of benzene rings is 3. The molecule has 0 atom stereocenters. The minimum absolute atomic E-state index is 0.0970. The number of amides is 1. The molecule has 0 saturated carbocycles. The predicted molar refractivity (Wildman–Crippen MR) is 153 cm³/mol. The summed E-state index contributed by atoms with van der Waals surface area (Å²) >= 11 is 14.0. The second-order valence-electron chi connectivity index (χ2n) is 7.84. The normalized spacial score (nSPS) is 11.1. The average Bonchev–Trinajstić information content (AvgIpc) is 2.91. The molecule has 0 fully saturated rings. The van der Waals surface area contributed by atoms with E-state index in [1.165, 1.54) is 51.7 Å². The lowest BCUT2D eigenvalue weighted by molar-refractivity contribution is -0.119. The molecule has 3 rings (SSSR count). The maximum Gasteiger partial charge on any atom is 0.265 e. The molecule has 0 spiro atoms. The lowest BCUT2D eigenvalue weighted by atomic mass is 10.2. The number of halogens is 2. The van der Waals surface area contributed by atoms with Crippen molar-refractivity contribution in [2.45, 2.75) is 10.6 Å². The summed E-state index contributed by atoms with van der Waals surface area (Å²) in [6.07, 6.45) is 0. The number of nitrogens with zero attached hydrogens (tertiary/aromatic N) is 1. The van der Waals surface area contributed by atoms with Crippen molar-refractivity contribution in [2.24, 2.45) is 0 Å². The monoisotopic (exact) mass is 598 g/mol. The number of carbonyl (C=O) groups is 1. The number of ether oxygens (including phenoxy) is 3. The summed E-state index contributed by atoms with van der Waals surface area (Å²) in [5.41, 5.74) is 1.13. The van der Waals surface area contributed by atoms with Gasteiger partial charge < -0.3 is 19.5 Å². The van der Waals surface area contributed by atoms with E-state index in [2.05, 4.69) is 5.32 Å². The van der Waals surface area contributed by atoms with Gasteiger partial charge in [-0.25, -0.2) is 8.42 Å². The molecule has 0 saturated heterocycles. The molecule has 8 nitrogen and oxygen atoms in total. The van der Waals surface area contributed by atoms with Gasteiger partial charge in [0.15, 0.2) is 11.5 Å². The lowest BCUT2D eigenvalue weighted by Crippen LogP contribution is -2.41. The Morgan fingerprint density at radius 2 is 1.61 bits per heavy atom. The Bertz CT molecular complexity index is 1370. The standard InChI is InChI=1S/C26H28Cl2N2O6S2/c1-34-23-10-8-19(27)14-22(23)30(38(32,33)20-9-11-24(35-2)25(15-20)36-3)16-26(31)29-12-13-37-17-18-6-4-5-7-21(18)28/h4-11,14-15H,12-13,16-17H2,1-3H3,(H,29,31). The SMILES string of the molecule is COc1ccc(S(=O)(=O)N(CC(=O)NCCSCc2ccccc2Cl)c2cc(Cl)ccc2OC)cc1OC. The Morgan fingerprint density at radius 1 is 0.921 bits per heavy atom. The molecule has 0 heterocycles. The van der Waals surface area contributed by atoms with Crippen molar-refractivity contribution in [3.63, 3.8) is 0 Å². The molecule has 12 heteroatoms. The topological polar surface area (TPSA) is 94.2 Å². The fourth-order valence-corrected chi connectivity index (χ4v) is 6.26. The average molecular weight is 600 g/mol. The first-order valence-electron chi connectivity index (χ1n) is 11.4. The van der Waals surface area contributed by atoms with Crippen LogP contribution in [-0.4, -0.2) is 54.5 Å². The molecule has 0 aliphatic heterocycles. The summed E-state index contributed by atoms with van der Waals surface area (Å²) < 4.78 is 44.5. The fraction of sp³-hybridized carbons (Fsp3) is 0.269. The zero-order valence-corrected chi connectivity index (χ0v) is 24.2. The van der Waals surface area contributed by atoms with Crippen molar-refractivity contribution in [2.75, 3.05) is 44.5 Å². The van der Waals surface area contributed by atoms with E-state index < -0.39 is 22.5 Å². The first-order valence-corrected chi connectivity index (χ1v) is 14.7. The molecular formula is C26H28Cl2N2O6S2. The Kier molecular flexibility index (Phi) is 10.8. The van der Waals surface area contributed by atoms with Crippen LogP contribution in [-0.2, 0) is 20.6 Å². The highest BCUT2D eigenvalue weighted by Crippen LogP contribution is 2.37. The third-order valence-electron chi connectivity index (χ3n) is 5.42.